The fraction of sp³-hybridized carbons (Fsp3) is 0.625. The minimum absolute atomic E-state index is 0.235. The second kappa shape index (κ2) is 6.90. The van der Waals surface area contributed by atoms with E-state index in [-0.39, 0.29) is 5.41 Å². The number of nitrogens with zero attached hydrogens (tertiary/aromatic N) is 1. The molecule has 1 aromatic rings. The van der Waals surface area contributed by atoms with Gasteiger partial charge in [-0.25, -0.2) is 8.42 Å². The molecule has 0 saturated heterocycles. The Hall–Kier alpha value is -0.910. The van der Waals surface area contributed by atoms with E-state index in [1.165, 1.54) is 0 Å². The molecule has 5 heteroatoms. The van der Waals surface area contributed by atoms with Crippen LogP contribution >= 0.6 is 0 Å². The molecule has 0 atom stereocenters. The smallest absolute Gasteiger partial charge is 0.243 e. The Labute approximate surface area is 129 Å². The Balaban J connectivity index is 3.21. The molecule has 2 N–H and O–H groups in total. The molecule has 1 aromatic carbocycles. The second-order valence-corrected chi connectivity index (χ2v) is 8.38. The van der Waals surface area contributed by atoms with E-state index in [0.717, 1.165) is 17.5 Å². The lowest BCUT2D eigenvalue weighted by Gasteiger charge is -2.31. The van der Waals surface area contributed by atoms with Gasteiger partial charge in [0, 0.05) is 13.1 Å². The Morgan fingerprint density at radius 2 is 1.86 bits per heavy atom. The zero-order valence-electron chi connectivity index (χ0n) is 13.8. The molecule has 0 unspecified atom stereocenters. The Morgan fingerprint density at radius 1 is 1.24 bits per heavy atom. The van der Waals surface area contributed by atoms with Gasteiger partial charge < -0.3 is 5.73 Å². The third kappa shape index (κ3) is 4.53. The molecular formula is C16H28N2O2S. The summed E-state index contributed by atoms with van der Waals surface area (Å²) in [6.45, 7) is 11.2. The van der Waals surface area contributed by atoms with Gasteiger partial charge in [-0.05, 0) is 43.9 Å². The summed E-state index contributed by atoms with van der Waals surface area (Å²) >= 11 is 0. The molecule has 120 valence electrons. The molecule has 4 nitrogen and oxygen atoms in total. The number of rotatable bonds is 7. The molecule has 0 spiro atoms. The van der Waals surface area contributed by atoms with Crippen LogP contribution in [0.15, 0.2) is 23.1 Å². The van der Waals surface area contributed by atoms with E-state index in [0.29, 0.717) is 24.5 Å². The quantitative estimate of drug-likeness (QED) is 0.842. The fourth-order valence-corrected chi connectivity index (χ4v) is 4.23. The van der Waals surface area contributed by atoms with Crippen molar-refractivity contribution in [1.82, 2.24) is 4.31 Å². The lowest BCUT2D eigenvalue weighted by molar-refractivity contribution is 0.266. The molecule has 1 rings (SSSR count). The molecule has 0 amide bonds. The van der Waals surface area contributed by atoms with E-state index in [1.54, 1.807) is 10.4 Å². The normalized spacial score (nSPS) is 12.9. The zero-order valence-corrected chi connectivity index (χ0v) is 14.6. The number of sulfonamides is 1. The van der Waals surface area contributed by atoms with Crippen molar-refractivity contribution < 1.29 is 8.42 Å². The number of hydrogen-bond donors (Lipinski definition) is 1. The van der Waals surface area contributed by atoms with E-state index in [9.17, 15) is 8.42 Å². The first kappa shape index (κ1) is 18.1. The molecule has 0 bridgehead atoms. The topological polar surface area (TPSA) is 63.4 Å². The third-order valence-electron chi connectivity index (χ3n) is 3.58. The van der Waals surface area contributed by atoms with Crippen molar-refractivity contribution in [1.29, 1.82) is 0 Å². The molecule has 0 aliphatic carbocycles. The van der Waals surface area contributed by atoms with Crippen LogP contribution in [0.1, 0.15) is 38.3 Å². The summed E-state index contributed by atoms with van der Waals surface area (Å²) in [5.41, 5.74) is 7.38. The van der Waals surface area contributed by atoms with Crippen LogP contribution in [0.4, 0.5) is 0 Å². The van der Waals surface area contributed by atoms with Crippen LogP contribution in [0.2, 0.25) is 0 Å². The van der Waals surface area contributed by atoms with Crippen molar-refractivity contribution in [2.24, 2.45) is 11.1 Å². The van der Waals surface area contributed by atoms with Crippen LogP contribution in [0.3, 0.4) is 0 Å². The number of benzene rings is 1. The van der Waals surface area contributed by atoms with Gasteiger partial charge in [0.2, 0.25) is 10.0 Å². The average molecular weight is 312 g/mol. The molecule has 0 aliphatic rings. The highest BCUT2D eigenvalue weighted by Gasteiger charge is 2.30. The first-order valence-electron chi connectivity index (χ1n) is 7.41. The maximum absolute atomic E-state index is 12.9. The van der Waals surface area contributed by atoms with E-state index >= 15 is 0 Å². The highest BCUT2D eigenvalue weighted by molar-refractivity contribution is 7.89. The maximum Gasteiger partial charge on any atom is 0.243 e. The van der Waals surface area contributed by atoms with Crippen molar-refractivity contribution >= 4 is 10.0 Å². The van der Waals surface area contributed by atoms with Gasteiger partial charge in [0.05, 0.1) is 4.90 Å². The SMILES string of the molecule is CCCN(CC(C)(C)CN)S(=O)(=O)c1ccc(C)cc1C. The van der Waals surface area contributed by atoms with Crippen LogP contribution < -0.4 is 5.73 Å². The predicted octanol–water partition coefficient (Wildman–Crippen LogP) is 2.69. The lowest BCUT2D eigenvalue weighted by Crippen LogP contribution is -2.42. The van der Waals surface area contributed by atoms with Gasteiger partial charge in [0.1, 0.15) is 0 Å². The molecule has 0 aliphatic heterocycles. The van der Waals surface area contributed by atoms with Gasteiger partial charge in [0.25, 0.3) is 0 Å². The van der Waals surface area contributed by atoms with Crippen molar-refractivity contribution in [2.45, 2.75) is 45.9 Å². The summed E-state index contributed by atoms with van der Waals surface area (Å²) in [5, 5.41) is 0. The van der Waals surface area contributed by atoms with Gasteiger partial charge in [0.15, 0.2) is 0 Å². The molecule has 0 radical (unpaired) electrons. The highest BCUT2D eigenvalue weighted by atomic mass is 32.2. The highest BCUT2D eigenvalue weighted by Crippen LogP contribution is 2.25. The Bertz CT molecular complexity index is 580. The molecule has 21 heavy (non-hydrogen) atoms. The third-order valence-corrected chi connectivity index (χ3v) is 5.58. The summed E-state index contributed by atoms with van der Waals surface area (Å²) in [7, 11) is -3.48. The second-order valence-electron chi connectivity index (χ2n) is 6.48. The van der Waals surface area contributed by atoms with E-state index in [4.69, 9.17) is 5.73 Å². The minimum atomic E-state index is -3.48. The number of hydrogen-bond acceptors (Lipinski definition) is 3. The lowest BCUT2D eigenvalue weighted by atomic mass is 9.94. The van der Waals surface area contributed by atoms with Crippen molar-refractivity contribution in [3.63, 3.8) is 0 Å². The van der Waals surface area contributed by atoms with Gasteiger partial charge in [-0.15, -0.1) is 0 Å². The largest absolute Gasteiger partial charge is 0.330 e. The summed E-state index contributed by atoms with van der Waals surface area (Å²) < 4.78 is 27.4. The predicted molar refractivity (Wildman–Crippen MR) is 87.8 cm³/mol. The Kier molecular flexibility index (Phi) is 5.96. The van der Waals surface area contributed by atoms with Gasteiger partial charge in [-0.3, -0.25) is 0 Å². The molecular weight excluding hydrogens is 284 g/mol. The Morgan fingerprint density at radius 3 is 2.33 bits per heavy atom. The molecule has 0 fully saturated rings. The van der Waals surface area contributed by atoms with E-state index in [2.05, 4.69) is 0 Å². The van der Waals surface area contributed by atoms with Gasteiger partial charge in [-0.1, -0.05) is 38.5 Å². The summed E-state index contributed by atoms with van der Waals surface area (Å²) in [6, 6.07) is 5.46. The summed E-state index contributed by atoms with van der Waals surface area (Å²) in [4.78, 5) is 0.398. The standard InChI is InChI=1S/C16H28N2O2S/c1-6-9-18(12-16(4,5)11-17)21(19,20)15-8-7-13(2)10-14(15)3/h7-8,10H,6,9,11-12,17H2,1-5H3. The fourth-order valence-electron chi connectivity index (χ4n) is 2.30. The first-order chi connectivity index (χ1) is 9.64. The molecule has 0 saturated carbocycles. The first-order valence-corrected chi connectivity index (χ1v) is 8.85. The molecule has 0 aromatic heterocycles. The van der Waals surface area contributed by atoms with Crippen LogP contribution in [0.25, 0.3) is 0 Å². The van der Waals surface area contributed by atoms with E-state index in [1.807, 2.05) is 46.8 Å². The van der Waals surface area contributed by atoms with Crippen LogP contribution in [0.5, 0.6) is 0 Å². The van der Waals surface area contributed by atoms with Gasteiger partial charge in [-0.2, -0.15) is 4.31 Å². The van der Waals surface area contributed by atoms with Crippen LogP contribution in [-0.2, 0) is 10.0 Å². The number of aryl methyl sites for hydroxylation is 2. The van der Waals surface area contributed by atoms with Crippen LogP contribution in [0, 0.1) is 19.3 Å². The van der Waals surface area contributed by atoms with Crippen molar-refractivity contribution in [3.05, 3.63) is 29.3 Å². The van der Waals surface area contributed by atoms with E-state index < -0.39 is 10.0 Å². The van der Waals surface area contributed by atoms with Crippen LogP contribution in [-0.4, -0.2) is 32.4 Å². The van der Waals surface area contributed by atoms with Crippen molar-refractivity contribution in [3.8, 4) is 0 Å². The zero-order chi connectivity index (χ0) is 16.3. The summed E-state index contributed by atoms with van der Waals surface area (Å²) in [6.07, 6.45) is 0.783. The molecule has 0 heterocycles. The monoisotopic (exact) mass is 312 g/mol. The van der Waals surface area contributed by atoms with Crippen molar-refractivity contribution in [2.75, 3.05) is 19.6 Å². The minimum Gasteiger partial charge on any atom is -0.330 e. The number of nitrogens with two attached hydrogens (primary N) is 1. The maximum atomic E-state index is 12.9. The average Bonchev–Trinajstić information content (AvgIpc) is 2.37. The summed E-state index contributed by atoms with van der Waals surface area (Å²) in [5.74, 6) is 0. The van der Waals surface area contributed by atoms with Gasteiger partial charge >= 0.3 is 0 Å².